The van der Waals surface area contributed by atoms with Crippen LogP contribution in [-0.4, -0.2) is 37.3 Å². The Morgan fingerprint density at radius 3 is 2.28 bits per heavy atom. The number of hydrogen-bond acceptors (Lipinski definition) is 6. The molecule has 1 N–H and O–H groups in total. The van der Waals surface area contributed by atoms with Crippen molar-refractivity contribution in [3.8, 4) is 28.6 Å². The molecule has 2 rings (SSSR count). The van der Waals surface area contributed by atoms with Crippen molar-refractivity contribution in [2.24, 2.45) is 0 Å². The molecule has 0 spiro atoms. The van der Waals surface area contributed by atoms with Crippen LogP contribution in [0.15, 0.2) is 18.2 Å². The molecule has 6 nitrogen and oxygen atoms in total. The van der Waals surface area contributed by atoms with Gasteiger partial charge >= 0.3 is 0 Å². The highest BCUT2D eigenvalue weighted by Gasteiger charge is 2.18. The molecule has 0 amide bonds. The number of nitrogens with one attached hydrogen (secondary N) is 1. The first-order valence-electron chi connectivity index (χ1n) is 8.49. The second kappa shape index (κ2) is 8.55. The Bertz CT molecular complexity index is 715. The highest BCUT2D eigenvalue weighted by Crippen LogP contribution is 2.36. The third-order valence-electron chi connectivity index (χ3n) is 4.22. The SMILES string of the molecule is CCC(CC)Nc1nc(C)c(-c2ccc(OC)cc2OC)nc1OC. The summed E-state index contributed by atoms with van der Waals surface area (Å²) < 4.78 is 16.2. The zero-order valence-electron chi connectivity index (χ0n) is 15.8. The van der Waals surface area contributed by atoms with Gasteiger partial charge in [-0.1, -0.05) is 13.8 Å². The van der Waals surface area contributed by atoms with E-state index < -0.39 is 0 Å². The lowest BCUT2D eigenvalue weighted by atomic mass is 10.1. The van der Waals surface area contributed by atoms with Crippen LogP contribution in [-0.2, 0) is 0 Å². The topological polar surface area (TPSA) is 65.5 Å². The first-order chi connectivity index (χ1) is 12.1. The van der Waals surface area contributed by atoms with Crippen LogP contribution in [0.3, 0.4) is 0 Å². The van der Waals surface area contributed by atoms with Crippen molar-refractivity contribution in [2.75, 3.05) is 26.6 Å². The van der Waals surface area contributed by atoms with Crippen LogP contribution in [0.25, 0.3) is 11.3 Å². The summed E-state index contributed by atoms with van der Waals surface area (Å²) in [6, 6.07) is 5.97. The van der Waals surface area contributed by atoms with Crippen molar-refractivity contribution in [3.05, 3.63) is 23.9 Å². The number of aromatic nitrogens is 2. The minimum Gasteiger partial charge on any atom is -0.497 e. The van der Waals surface area contributed by atoms with E-state index in [0.717, 1.165) is 35.5 Å². The molecule has 1 aromatic carbocycles. The van der Waals surface area contributed by atoms with Gasteiger partial charge in [-0.25, -0.2) is 9.97 Å². The number of ether oxygens (including phenoxy) is 3. The molecule has 6 heteroatoms. The molecule has 0 radical (unpaired) electrons. The summed E-state index contributed by atoms with van der Waals surface area (Å²) in [4.78, 5) is 9.37. The Morgan fingerprint density at radius 1 is 1.00 bits per heavy atom. The van der Waals surface area contributed by atoms with Crippen LogP contribution < -0.4 is 19.5 Å². The Labute approximate surface area is 149 Å². The van der Waals surface area contributed by atoms with Crippen molar-refractivity contribution in [2.45, 2.75) is 39.7 Å². The quantitative estimate of drug-likeness (QED) is 0.778. The van der Waals surface area contributed by atoms with Gasteiger partial charge in [0, 0.05) is 17.7 Å². The van der Waals surface area contributed by atoms with Gasteiger partial charge in [-0.2, -0.15) is 0 Å². The zero-order chi connectivity index (χ0) is 18.4. The summed E-state index contributed by atoms with van der Waals surface area (Å²) in [5.41, 5.74) is 2.38. The summed E-state index contributed by atoms with van der Waals surface area (Å²) >= 11 is 0. The highest BCUT2D eigenvalue weighted by molar-refractivity contribution is 5.72. The maximum Gasteiger partial charge on any atom is 0.257 e. The lowest BCUT2D eigenvalue weighted by molar-refractivity contribution is 0.393. The van der Waals surface area contributed by atoms with Crippen LogP contribution in [0.2, 0.25) is 0 Å². The van der Waals surface area contributed by atoms with Crippen molar-refractivity contribution < 1.29 is 14.2 Å². The Hall–Kier alpha value is -2.50. The van der Waals surface area contributed by atoms with Crippen LogP contribution >= 0.6 is 0 Å². The van der Waals surface area contributed by atoms with Crippen molar-refractivity contribution in [1.82, 2.24) is 9.97 Å². The molecular weight excluding hydrogens is 318 g/mol. The van der Waals surface area contributed by atoms with Gasteiger partial charge in [0.1, 0.15) is 11.5 Å². The van der Waals surface area contributed by atoms with Gasteiger partial charge in [-0.15, -0.1) is 0 Å². The molecule has 2 aromatic rings. The number of benzene rings is 1. The second-order valence-electron chi connectivity index (χ2n) is 5.74. The van der Waals surface area contributed by atoms with Gasteiger partial charge in [0.05, 0.1) is 32.7 Å². The van der Waals surface area contributed by atoms with Crippen molar-refractivity contribution in [3.63, 3.8) is 0 Å². The van der Waals surface area contributed by atoms with Crippen LogP contribution in [0.1, 0.15) is 32.4 Å². The van der Waals surface area contributed by atoms with Crippen LogP contribution in [0, 0.1) is 6.92 Å². The van der Waals surface area contributed by atoms with E-state index in [0.29, 0.717) is 23.5 Å². The number of nitrogens with zero attached hydrogens (tertiary/aromatic N) is 2. The minimum absolute atomic E-state index is 0.337. The average Bonchev–Trinajstić information content (AvgIpc) is 2.65. The van der Waals surface area contributed by atoms with E-state index >= 15 is 0 Å². The van der Waals surface area contributed by atoms with Crippen LogP contribution in [0.5, 0.6) is 17.4 Å². The molecule has 0 fully saturated rings. The van der Waals surface area contributed by atoms with Gasteiger partial charge in [-0.3, -0.25) is 0 Å². The van der Waals surface area contributed by atoms with E-state index in [1.54, 1.807) is 21.3 Å². The standard InChI is InChI=1S/C19H27N3O3/c1-7-13(8-2)21-18-19(25-6)22-17(12(3)20-18)15-10-9-14(23-4)11-16(15)24-5/h9-11,13H,7-8H2,1-6H3,(H,20,21). The molecule has 0 aliphatic heterocycles. The third kappa shape index (κ3) is 4.13. The van der Waals surface area contributed by atoms with Crippen molar-refractivity contribution >= 4 is 5.82 Å². The first-order valence-corrected chi connectivity index (χ1v) is 8.49. The third-order valence-corrected chi connectivity index (χ3v) is 4.22. The predicted octanol–water partition coefficient (Wildman–Crippen LogP) is 4.08. The molecule has 25 heavy (non-hydrogen) atoms. The Morgan fingerprint density at radius 2 is 1.72 bits per heavy atom. The molecule has 0 aliphatic rings. The maximum absolute atomic E-state index is 5.50. The molecule has 0 aliphatic carbocycles. The van der Waals surface area contributed by atoms with Gasteiger partial charge in [0.25, 0.3) is 5.88 Å². The minimum atomic E-state index is 0.337. The van der Waals surface area contributed by atoms with E-state index in [1.807, 2.05) is 25.1 Å². The van der Waals surface area contributed by atoms with E-state index in [9.17, 15) is 0 Å². The number of anilines is 1. The summed E-state index contributed by atoms with van der Waals surface area (Å²) in [5.74, 6) is 2.56. The molecular formula is C19H27N3O3. The second-order valence-corrected chi connectivity index (χ2v) is 5.74. The maximum atomic E-state index is 5.50. The number of methoxy groups -OCH3 is 3. The lowest BCUT2D eigenvalue weighted by Gasteiger charge is -2.19. The molecule has 0 saturated carbocycles. The van der Waals surface area contributed by atoms with Gasteiger partial charge in [-0.05, 0) is 31.9 Å². The summed E-state index contributed by atoms with van der Waals surface area (Å²) in [6.07, 6.45) is 2.02. The molecule has 0 unspecified atom stereocenters. The fourth-order valence-electron chi connectivity index (χ4n) is 2.68. The average molecular weight is 345 g/mol. The van der Waals surface area contributed by atoms with Gasteiger partial charge in [0.2, 0.25) is 0 Å². The largest absolute Gasteiger partial charge is 0.497 e. The molecule has 0 bridgehead atoms. The van der Waals surface area contributed by atoms with Gasteiger partial charge < -0.3 is 19.5 Å². The monoisotopic (exact) mass is 345 g/mol. The normalized spacial score (nSPS) is 10.7. The van der Waals surface area contributed by atoms with E-state index in [1.165, 1.54) is 0 Å². The fourth-order valence-corrected chi connectivity index (χ4v) is 2.68. The zero-order valence-corrected chi connectivity index (χ0v) is 15.8. The number of hydrogen-bond donors (Lipinski definition) is 1. The van der Waals surface area contributed by atoms with E-state index in [4.69, 9.17) is 14.2 Å². The number of aryl methyl sites for hydroxylation is 1. The molecule has 0 atom stereocenters. The van der Waals surface area contributed by atoms with Crippen LogP contribution in [0.4, 0.5) is 5.82 Å². The molecule has 136 valence electrons. The predicted molar refractivity (Wildman–Crippen MR) is 99.9 cm³/mol. The van der Waals surface area contributed by atoms with E-state index in [-0.39, 0.29) is 0 Å². The summed E-state index contributed by atoms with van der Waals surface area (Å²) in [6.45, 7) is 6.22. The van der Waals surface area contributed by atoms with E-state index in [2.05, 4.69) is 29.1 Å². The summed E-state index contributed by atoms with van der Waals surface area (Å²) in [7, 11) is 4.86. The lowest BCUT2D eigenvalue weighted by Crippen LogP contribution is -2.19. The fraction of sp³-hybridized carbons (Fsp3) is 0.474. The Balaban J connectivity index is 2.50. The van der Waals surface area contributed by atoms with Crippen molar-refractivity contribution in [1.29, 1.82) is 0 Å². The first kappa shape index (κ1) is 18.8. The summed E-state index contributed by atoms with van der Waals surface area (Å²) in [5, 5.41) is 3.41. The molecule has 1 aromatic heterocycles. The molecule has 1 heterocycles. The Kier molecular flexibility index (Phi) is 6.44. The van der Waals surface area contributed by atoms with Gasteiger partial charge in [0.15, 0.2) is 5.82 Å². The molecule has 0 saturated heterocycles. The number of rotatable bonds is 8. The smallest absolute Gasteiger partial charge is 0.257 e. The highest BCUT2D eigenvalue weighted by atomic mass is 16.5.